The molecule has 2 nitrogen and oxygen atoms in total. The minimum atomic E-state index is 0.139. The van der Waals surface area contributed by atoms with Gasteiger partial charge >= 0.3 is 0 Å². The molecule has 0 aliphatic carbocycles. The van der Waals surface area contributed by atoms with Gasteiger partial charge in [-0.25, -0.2) is 0 Å². The molecule has 1 aliphatic heterocycles. The molecule has 2 heteroatoms. The quantitative estimate of drug-likeness (QED) is 0.626. The molecule has 1 aliphatic rings. The fourth-order valence-corrected chi connectivity index (χ4v) is 1.50. The predicted octanol–water partition coefficient (Wildman–Crippen LogP) is 1.34. The Hall–Kier alpha value is -1.02. The fourth-order valence-electron chi connectivity index (χ4n) is 1.50. The van der Waals surface area contributed by atoms with Crippen LogP contribution in [0.2, 0.25) is 0 Å². The molecule has 0 saturated carbocycles. The fraction of sp³-hybridized carbons (Fsp3) is 0.400. The molecule has 2 atom stereocenters. The summed E-state index contributed by atoms with van der Waals surface area (Å²) in [6.45, 7) is 2.01. The van der Waals surface area contributed by atoms with Gasteiger partial charge in [0.15, 0.2) is 0 Å². The number of hydrogen-bond acceptors (Lipinski definition) is 2. The molecule has 0 aromatic heterocycles. The smallest absolute Gasteiger partial charge is 0.123 e. The first kappa shape index (κ1) is 7.62. The number of nitrogens with two attached hydrogens (primary N) is 1. The number of rotatable bonds is 0. The monoisotopic (exact) mass is 163 g/mol. The Labute approximate surface area is 72.3 Å². The highest BCUT2D eigenvalue weighted by Gasteiger charge is 2.22. The highest BCUT2D eigenvalue weighted by Crippen LogP contribution is 2.26. The van der Waals surface area contributed by atoms with Crippen molar-refractivity contribution in [1.82, 2.24) is 0 Å². The lowest BCUT2D eigenvalue weighted by Gasteiger charge is -2.28. The van der Waals surface area contributed by atoms with Crippen LogP contribution in [0.3, 0.4) is 0 Å². The van der Waals surface area contributed by atoms with Gasteiger partial charge in [0.2, 0.25) is 0 Å². The SMILES string of the molecule is C[C@@H]1Oc2ccccc2C[C@H]1N. The van der Waals surface area contributed by atoms with Crippen LogP contribution in [0.1, 0.15) is 12.5 Å². The van der Waals surface area contributed by atoms with E-state index in [4.69, 9.17) is 10.5 Å². The van der Waals surface area contributed by atoms with Crippen LogP contribution in [-0.4, -0.2) is 12.1 Å². The van der Waals surface area contributed by atoms with E-state index in [0.29, 0.717) is 0 Å². The van der Waals surface area contributed by atoms with Crippen molar-refractivity contribution in [3.8, 4) is 5.75 Å². The first-order valence-electron chi connectivity index (χ1n) is 4.27. The molecule has 0 unspecified atom stereocenters. The van der Waals surface area contributed by atoms with Crippen molar-refractivity contribution >= 4 is 0 Å². The molecule has 0 saturated heterocycles. The first-order valence-corrected chi connectivity index (χ1v) is 4.27. The van der Waals surface area contributed by atoms with Crippen molar-refractivity contribution in [2.75, 3.05) is 0 Å². The van der Waals surface area contributed by atoms with Gasteiger partial charge < -0.3 is 10.5 Å². The maximum absolute atomic E-state index is 5.87. The van der Waals surface area contributed by atoms with Crippen molar-refractivity contribution in [2.45, 2.75) is 25.5 Å². The van der Waals surface area contributed by atoms with Crippen molar-refractivity contribution in [3.05, 3.63) is 29.8 Å². The highest BCUT2D eigenvalue weighted by molar-refractivity contribution is 5.36. The van der Waals surface area contributed by atoms with E-state index in [2.05, 4.69) is 6.07 Å². The lowest BCUT2D eigenvalue weighted by atomic mass is 9.99. The van der Waals surface area contributed by atoms with Gasteiger partial charge in [0.25, 0.3) is 0 Å². The van der Waals surface area contributed by atoms with Crippen molar-refractivity contribution in [1.29, 1.82) is 0 Å². The van der Waals surface area contributed by atoms with Crippen molar-refractivity contribution in [3.63, 3.8) is 0 Å². The van der Waals surface area contributed by atoms with Gasteiger partial charge in [-0.05, 0) is 25.0 Å². The van der Waals surface area contributed by atoms with Crippen LogP contribution in [0.4, 0.5) is 0 Å². The van der Waals surface area contributed by atoms with Crippen molar-refractivity contribution in [2.24, 2.45) is 5.73 Å². The lowest BCUT2D eigenvalue weighted by molar-refractivity contribution is 0.169. The molecule has 12 heavy (non-hydrogen) atoms. The Kier molecular flexibility index (Phi) is 1.77. The average molecular weight is 163 g/mol. The Morgan fingerprint density at radius 3 is 3.00 bits per heavy atom. The lowest BCUT2D eigenvalue weighted by Crippen LogP contribution is -2.41. The number of fused-ring (bicyclic) bond motifs is 1. The minimum absolute atomic E-state index is 0.139. The third kappa shape index (κ3) is 1.18. The average Bonchev–Trinajstić information content (AvgIpc) is 2.07. The molecule has 0 amide bonds. The number of hydrogen-bond donors (Lipinski definition) is 1. The molecule has 1 aromatic carbocycles. The molecule has 0 spiro atoms. The molecular weight excluding hydrogens is 150 g/mol. The van der Waals surface area contributed by atoms with Crippen LogP contribution in [-0.2, 0) is 6.42 Å². The summed E-state index contributed by atoms with van der Waals surface area (Å²) >= 11 is 0. The maximum atomic E-state index is 5.87. The second kappa shape index (κ2) is 2.79. The molecule has 0 fully saturated rings. The Morgan fingerprint density at radius 2 is 2.17 bits per heavy atom. The normalized spacial score (nSPS) is 27.5. The zero-order valence-electron chi connectivity index (χ0n) is 7.16. The first-order chi connectivity index (χ1) is 5.77. The van der Waals surface area contributed by atoms with Crippen LogP contribution in [0, 0.1) is 0 Å². The summed E-state index contributed by atoms with van der Waals surface area (Å²) in [5, 5.41) is 0. The van der Waals surface area contributed by atoms with Gasteiger partial charge in [-0.3, -0.25) is 0 Å². The van der Waals surface area contributed by atoms with E-state index in [0.717, 1.165) is 12.2 Å². The van der Waals surface area contributed by atoms with E-state index >= 15 is 0 Å². The van der Waals surface area contributed by atoms with Gasteiger partial charge in [0, 0.05) is 6.04 Å². The summed E-state index contributed by atoms with van der Waals surface area (Å²) in [6, 6.07) is 8.21. The van der Waals surface area contributed by atoms with E-state index in [9.17, 15) is 0 Å². The summed E-state index contributed by atoms with van der Waals surface area (Å²) in [7, 11) is 0. The van der Waals surface area contributed by atoms with E-state index in [1.165, 1.54) is 5.56 Å². The van der Waals surface area contributed by atoms with Crippen LogP contribution >= 0.6 is 0 Å². The summed E-state index contributed by atoms with van der Waals surface area (Å²) in [4.78, 5) is 0. The van der Waals surface area contributed by atoms with Crippen molar-refractivity contribution < 1.29 is 4.74 Å². The summed E-state index contributed by atoms with van der Waals surface area (Å²) in [6.07, 6.45) is 1.07. The zero-order valence-corrected chi connectivity index (χ0v) is 7.16. The molecule has 1 aromatic rings. The number of para-hydroxylation sites is 1. The molecule has 1 heterocycles. The summed E-state index contributed by atoms with van der Waals surface area (Å²) < 4.78 is 5.62. The highest BCUT2D eigenvalue weighted by atomic mass is 16.5. The molecule has 2 rings (SSSR count). The molecule has 64 valence electrons. The van der Waals surface area contributed by atoms with E-state index in [-0.39, 0.29) is 12.1 Å². The second-order valence-corrected chi connectivity index (χ2v) is 3.30. The maximum Gasteiger partial charge on any atom is 0.123 e. The van der Waals surface area contributed by atoms with Crippen LogP contribution in [0.25, 0.3) is 0 Å². The molecular formula is C10H13NO. The Bertz CT molecular complexity index is 256. The minimum Gasteiger partial charge on any atom is -0.489 e. The van der Waals surface area contributed by atoms with E-state index in [1.54, 1.807) is 0 Å². The standard InChI is InChI=1S/C10H13NO/c1-7-9(11)6-8-4-2-3-5-10(8)12-7/h2-5,7,9H,6,11H2,1H3/t7-,9+/m0/s1. The van der Waals surface area contributed by atoms with E-state index < -0.39 is 0 Å². The molecule has 0 radical (unpaired) electrons. The number of ether oxygens (including phenoxy) is 1. The Balaban J connectivity index is 2.34. The molecule has 2 N–H and O–H groups in total. The van der Waals surface area contributed by atoms with Crippen LogP contribution < -0.4 is 10.5 Å². The van der Waals surface area contributed by atoms with Gasteiger partial charge in [-0.1, -0.05) is 18.2 Å². The van der Waals surface area contributed by atoms with Gasteiger partial charge in [-0.15, -0.1) is 0 Å². The van der Waals surface area contributed by atoms with Gasteiger partial charge in [0.05, 0.1) is 0 Å². The third-order valence-corrected chi connectivity index (χ3v) is 2.34. The Morgan fingerprint density at radius 1 is 1.42 bits per heavy atom. The summed E-state index contributed by atoms with van der Waals surface area (Å²) in [5.41, 5.74) is 7.09. The third-order valence-electron chi connectivity index (χ3n) is 2.34. The zero-order chi connectivity index (χ0) is 8.55. The van der Waals surface area contributed by atoms with E-state index in [1.807, 2.05) is 25.1 Å². The molecule has 0 bridgehead atoms. The largest absolute Gasteiger partial charge is 0.489 e. The topological polar surface area (TPSA) is 35.2 Å². The van der Waals surface area contributed by atoms with Crippen LogP contribution in [0.5, 0.6) is 5.75 Å². The number of benzene rings is 1. The van der Waals surface area contributed by atoms with Gasteiger partial charge in [0.1, 0.15) is 11.9 Å². The second-order valence-electron chi connectivity index (χ2n) is 3.30. The predicted molar refractivity (Wildman–Crippen MR) is 48.2 cm³/mol. The van der Waals surface area contributed by atoms with Gasteiger partial charge in [-0.2, -0.15) is 0 Å². The summed E-state index contributed by atoms with van der Waals surface area (Å²) in [5.74, 6) is 0.992. The van der Waals surface area contributed by atoms with Crippen LogP contribution in [0.15, 0.2) is 24.3 Å².